The molecule has 0 bridgehead atoms. The molecule has 0 heterocycles. The van der Waals surface area contributed by atoms with E-state index in [4.69, 9.17) is 10.8 Å². The molecule has 0 rings (SSSR count). The zero-order valence-electron chi connectivity index (χ0n) is 10.3. The number of hydrogen-bond donors (Lipinski definition) is 3. The number of amides is 2. The Morgan fingerprint density at radius 1 is 1.35 bits per heavy atom. The van der Waals surface area contributed by atoms with Crippen molar-refractivity contribution in [2.45, 2.75) is 32.4 Å². The minimum Gasteiger partial charge on any atom is -0.481 e. The van der Waals surface area contributed by atoms with E-state index < -0.39 is 24.3 Å². The van der Waals surface area contributed by atoms with Gasteiger partial charge in [-0.2, -0.15) is 0 Å². The standard InChI is InChI=1S/C10H19N3O4/c1-6(2)12-8(14)5-13(3)10(17)7(11)4-9(15)16/h6-7H,4-5,11H2,1-3H3,(H,12,14)(H,15,16). The van der Waals surface area contributed by atoms with Crippen LogP contribution >= 0.6 is 0 Å². The quantitative estimate of drug-likeness (QED) is 0.542. The summed E-state index contributed by atoms with van der Waals surface area (Å²) in [5.74, 6) is -2.02. The van der Waals surface area contributed by atoms with Gasteiger partial charge in [-0.1, -0.05) is 0 Å². The lowest BCUT2D eigenvalue weighted by molar-refractivity contribution is -0.142. The van der Waals surface area contributed by atoms with E-state index >= 15 is 0 Å². The third-order valence-corrected chi connectivity index (χ3v) is 1.92. The molecule has 0 radical (unpaired) electrons. The van der Waals surface area contributed by atoms with Gasteiger partial charge >= 0.3 is 5.97 Å². The van der Waals surface area contributed by atoms with E-state index in [1.807, 2.05) is 0 Å². The first-order valence-corrected chi connectivity index (χ1v) is 5.25. The molecule has 7 heteroatoms. The third-order valence-electron chi connectivity index (χ3n) is 1.92. The van der Waals surface area contributed by atoms with Crippen LogP contribution in [0.5, 0.6) is 0 Å². The van der Waals surface area contributed by atoms with Gasteiger partial charge in [-0.15, -0.1) is 0 Å². The van der Waals surface area contributed by atoms with Gasteiger partial charge in [-0.3, -0.25) is 14.4 Å². The molecule has 0 saturated carbocycles. The summed E-state index contributed by atoms with van der Waals surface area (Å²) in [6, 6.07) is -1.14. The first-order valence-electron chi connectivity index (χ1n) is 5.25. The Bertz CT molecular complexity index is 304. The number of nitrogens with zero attached hydrogens (tertiary/aromatic N) is 1. The highest BCUT2D eigenvalue weighted by Crippen LogP contribution is 1.95. The van der Waals surface area contributed by atoms with Crippen molar-refractivity contribution in [3.8, 4) is 0 Å². The predicted molar refractivity (Wildman–Crippen MR) is 61.1 cm³/mol. The van der Waals surface area contributed by atoms with Crippen molar-refractivity contribution in [3.63, 3.8) is 0 Å². The lowest BCUT2D eigenvalue weighted by atomic mass is 10.2. The number of carbonyl (C=O) groups is 3. The van der Waals surface area contributed by atoms with Crippen LogP contribution in [0, 0.1) is 0 Å². The van der Waals surface area contributed by atoms with E-state index in [-0.39, 0.29) is 18.5 Å². The van der Waals surface area contributed by atoms with Crippen molar-refractivity contribution in [2.75, 3.05) is 13.6 Å². The maximum Gasteiger partial charge on any atom is 0.305 e. The van der Waals surface area contributed by atoms with Crippen molar-refractivity contribution in [2.24, 2.45) is 5.73 Å². The van der Waals surface area contributed by atoms with Crippen LogP contribution in [0.2, 0.25) is 0 Å². The molecule has 0 aromatic heterocycles. The van der Waals surface area contributed by atoms with Crippen LogP contribution < -0.4 is 11.1 Å². The van der Waals surface area contributed by atoms with Crippen LogP contribution in [-0.4, -0.2) is 53.5 Å². The topological polar surface area (TPSA) is 113 Å². The summed E-state index contributed by atoms with van der Waals surface area (Å²) in [6.07, 6.45) is -0.449. The highest BCUT2D eigenvalue weighted by Gasteiger charge is 2.22. The summed E-state index contributed by atoms with van der Waals surface area (Å²) in [5.41, 5.74) is 5.39. The van der Waals surface area contributed by atoms with Gasteiger partial charge in [-0.05, 0) is 13.8 Å². The van der Waals surface area contributed by atoms with E-state index in [9.17, 15) is 14.4 Å². The van der Waals surface area contributed by atoms with Crippen LogP contribution in [0.4, 0.5) is 0 Å². The molecule has 1 atom stereocenters. The summed E-state index contributed by atoms with van der Waals surface area (Å²) >= 11 is 0. The highest BCUT2D eigenvalue weighted by atomic mass is 16.4. The van der Waals surface area contributed by atoms with Crippen molar-refractivity contribution >= 4 is 17.8 Å². The summed E-state index contributed by atoms with van der Waals surface area (Å²) in [7, 11) is 1.41. The number of nitrogens with two attached hydrogens (primary N) is 1. The minimum atomic E-state index is -1.15. The molecule has 0 aliphatic rings. The van der Waals surface area contributed by atoms with Crippen molar-refractivity contribution < 1.29 is 19.5 Å². The zero-order valence-corrected chi connectivity index (χ0v) is 10.3. The van der Waals surface area contributed by atoms with Gasteiger partial charge in [0.1, 0.15) is 0 Å². The van der Waals surface area contributed by atoms with E-state index in [0.29, 0.717) is 0 Å². The maximum absolute atomic E-state index is 11.6. The fourth-order valence-electron chi connectivity index (χ4n) is 1.22. The van der Waals surface area contributed by atoms with Gasteiger partial charge in [0.2, 0.25) is 11.8 Å². The first kappa shape index (κ1) is 15.4. The molecule has 98 valence electrons. The molecular formula is C10H19N3O4. The minimum absolute atomic E-state index is 0.0151. The lowest BCUT2D eigenvalue weighted by Crippen LogP contribution is -2.47. The van der Waals surface area contributed by atoms with Crippen molar-refractivity contribution in [1.29, 1.82) is 0 Å². The van der Waals surface area contributed by atoms with Crippen LogP contribution in [0.25, 0.3) is 0 Å². The molecule has 4 N–H and O–H groups in total. The number of hydrogen-bond acceptors (Lipinski definition) is 4. The number of carboxylic acids is 1. The molecule has 17 heavy (non-hydrogen) atoms. The normalized spacial score (nSPS) is 12.1. The third kappa shape index (κ3) is 6.52. The van der Waals surface area contributed by atoms with E-state index in [2.05, 4.69) is 5.32 Å². The predicted octanol–water partition coefficient (Wildman–Crippen LogP) is -1.23. The Balaban J connectivity index is 4.21. The van der Waals surface area contributed by atoms with Crippen LogP contribution in [0.15, 0.2) is 0 Å². The Hall–Kier alpha value is -1.63. The second-order valence-electron chi connectivity index (χ2n) is 4.12. The fraction of sp³-hybridized carbons (Fsp3) is 0.700. The van der Waals surface area contributed by atoms with Gasteiger partial charge in [0.15, 0.2) is 0 Å². The molecule has 0 aliphatic carbocycles. The molecule has 0 fully saturated rings. The summed E-state index contributed by atoms with van der Waals surface area (Å²) < 4.78 is 0. The average Bonchev–Trinajstić information content (AvgIpc) is 2.13. The Labute approximate surface area is 100.0 Å². The second kappa shape index (κ2) is 6.85. The molecule has 0 spiro atoms. The number of carbonyl (C=O) groups excluding carboxylic acids is 2. The molecule has 7 nitrogen and oxygen atoms in total. The Kier molecular flexibility index (Phi) is 6.19. The average molecular weight is 245 g/mol. The summed E-state index contributed by atoms with van der Waals surface area (Å²) in [6.45, 7) is 3.47. The van der Waals surface area contributed by atoms with Crippen LogP contribution in [0.1, 0.15) is 20.3 Å². The second-order valence-corrected chi connectivity index (χ2v) is 4.12. The Morgan fingerprint density at radius 2 is 1.88 bits per heavy atom. The van der Waals surface area contributed by atoms with Crippen molar-refractivity contribution in [3.05, 3.63) is 0 Å². The molecular weight excluding hydrogens is 226 g/mol. The smallest absolute Gasteiger partial charge is 0.305 e. The highest BCUT2D eigenvalue weighted by molar-refractivity contribution is 5.89. The van der Waals surface area contributed by atoms with Gasteiger partial charge in [0.05, 0.1) is 19.0 Å². The van der Waals surface area contributed by atoms with E-state index in [0.717, 1.165) is 4.90 Å². The molecule has 1 unspecified atom stereocenters. The molecule has 0 aliphatic heterocycles. The summed E-state index contributed by atoms with van der Waals surface area (Å²) in [4.78, 5) is 34.4. The zero-order chi connectivity index (χ0) is 13.6. The van der Waals surface area contributed by atoms with Crippen LogP contribution in [-0.2, 0) is 14.4 Å². The fourth-order valence-corrected chi connectivity index (χ4v) is 1.22. The van der Waals surface area contributed by atoms with Crippen molar-refractivity contribution in [1.82, 2.24) is 10.2 Å². The lowest BCUT2D eigenvalue weighted by Gasteiger charge is -2.20. The first-order chi connectivity index (χ1) is 7.73. The number of likely N-dealkylation sites (N-methyl/N-ethyl adjacent to an activating group) is 1. The molecule has 0 saturated heterocycles. The van der Waals surface area contributed by atoms with Gasteiger partial charge in [0.25, 0.3) is 0 Å². The largest absolute Gasteiger partial charge is 0.481 e. The Morgan fingerprint density at radius 3 is 2.29 bits per heavy atom. The van der Waals surface area contributed by atoms with Gasteiger partial charge in [0, 0.05) is 13.1 Å². The number of carboxylic acid groups (broad SMARTS) is 1. The number of rotatable bonds is 6. The number of nitrogens with one attached hydrogen (secondary N) is 1. The molecule has 0 aromatic rings. The summed E-state index contributed by atoms with van der Waals surface area (Å²) in [5, 5.41) is 11.1. The van der Waals surface area contributed by atoms with Gasteiger partial charge in [-0.25, -0.2) is 0 Å². The van der Waals surface area contributed by atoms with Gasteiger partial charge < -0.3 is 21.1 Å². The maximum atomic E-state index is 11.6. The van der Waals surface area contributed by atoms with E-state index in [1.54, 1.807) is 13.8 Å². The SMILES string of the molecule is CC(C)NC(=O)CN(C)C(=O)C(N)CC(=O)O. The monoisotopic (exact) mass is 245 g/mol. The molecule has 2 amide bonds. The molecule has 0 aromatic carbocycles. The van der Waals surface area contributed by atoms with E-state index in [1.165, 1.54) is 7.05 Å². The van der Waals surface area contributed by atoms with Crippen LogP contribution in [0.3, 0.4) is 0 Å². The number of aliphatic carboxylic acids is 1.